The van der Waals surface area contributed by atoms with Crippen LogP contribution in [-0.4, -0.2) is 28.4 Å². The fourth-order valence-corrected chi connectivity index (χ4v) is 2.36. The molecule has 3 nitrogen and oxygen atoms in total. The van der Waals surface area contributed by atoms with Crippen molar-refractivity contribution in [3.8, 4) is 5.75 Å². The van der Waals surface area contributed by atoms with E-state index >= 15 is 0 Å². The fourth-order valence-electron chi connectivity index (χ4n) is 2.36. The highest BCUT2D eigenvalue weighted by atomic mass is 16.3. The number of benzene rings is 1. The Hall–Kier alpha value is -1.51. The molecule has 2 atom stereocenters. The van der Waals surface area contributed by atoms with Gasteiger partial charge >= 0.3 is 0 Å². The first-order valence-corrected chi connectivity index (χ1v) is 6.29. The second-order valence-corrected chi connectivity index (χ2v) is 4.81. The molecular formula is C14H20N2O. The molecule has 1 saturated heterocycles. The number of phenols is 1. The van der Waals surface area contributed by atoms with E-state index in [1.807, 2.05) is 18.2 Å². The van der Waals surface area contributed by atoms with E-state index in [1.54, 1.807) is 12.3 Å². The van der Waals surface area contributed by atoms with Crippen LogP contribution in [0.15, 0.2) is 29.4 Å². The SMILES string of the molecule is C[C@@H]1CCC[C@H](C)N1/N=C/c1ccccc1O. The van der Waals surface area contributed by atoms with Crippen LogP contribution < -0.4 is 0 Å². The van der Waals surface area contributed by atoms with Crippen LogP contribution in [0, 0.1) is 0 Å². The lowest BCUT2D eigenvalue weighted by Crippen LogP contribution is -2.39. The van der Waals surface area contributed by atoms with E-state index in [-0.39, 0.29) is 5.75 Å². The lowest BCUT2D eigenvalue weighted by atomic mass is 10.00. The van der Waals surface area contributed by atoms with Crippen molar-refractivity contribution in [3.05, 3.63) is 29.8 Å². The van der Waals surface area contributed by atoms with Crippen molar-refractivity contribution >= 4 is 6.21 Å². The van der Waals surface area contributed by atoms with Crippen LogP contribution in [0.1, 0.15) is 38.7 Å². The summed E-state index contributed by atoms with van der Waals surface area (Å²) in [6.45, 7) is 4.41. The molecule has 1 heterocycles. The van der Waals surface area contributed by atoms with Crippen LogP contribution in [0.2, 0.25) is 0 Å². The molecule has 0 spiro atoms. The number of aromatic hydroxyl groups is 1. The molecule has 1 N–H and O–H groups in total. The predicted molar refractivity (Wildman–Crippen MR) is 70.3 cm³/mol. The summed E-state index contributed by atoms with van der Waals surface area (Å²) in [6, 6.07) is 8.26. The smallest absolute Gasteiger partial charge is 0.124 e. The summed E-state index contributed by atoms with van der Waals surface area (Å²) >= 11 is 0. The van der Waals surface area contributed by atoms with E-state index in [1.165, 1.54) is 19.3 Å². The quantitative estimate of drug-likeness (QED) is 0.796. The zero-order chi connectivity index (χ0) is 12.3. The van der Waals surface area contributed by atoms with E-state index in [0.717, 1.165) is 5.56 Å². The minimum absolute atomic E-state index is 0.286. The topological polar surface area (TPSA) is 35.8 Å². The third kappa shape index (κ3) is 2.78. The first-order chi connectivity index (χ1) is 8.18. The highest BCUT2D eigenvalue weighted by Crippen LogP contribution is 2.23. The van der Waals surface area contributed by atoms with Gasteiger partial charge in [-0.05, 0) is 45.2 Å². The van der Waals surface area contributed by atoms with Gasteiger partial charge in [0.1, 0.15) is 5.75 Å². The molecule has 0 aliphatic carbocycles. The number of hydrazone groups is 1. The number of hydrogen-bond donors (Lipinski definition) is 1. The van der Waals surface area contributed by atoms with Gasteiger partial charge in [0.05, 0.1) is 6.21 Å². The summed E-state index contributed by atoms with van der Waals surface area (Å²) in [6.07, 6.45) is 5.43. The number of piperidine rings is 1. The first kappa shape index (κ1) is 12.0. The normalized spacial score (nSPS) is 25.4. The van der Waals surface area contributed by atoms with E-state index in [2.05, 4.69) is 24.0 Å². The Morgan fingerprint density at radius 1 is 1.24 bits per heavy atom. The number of phenolic OH excluding ortho intramolecular Hbond substituents is 1. The molecule has 1 aromatic rings. The van der Waals surface area contributed by atoms with Gasteiger partial charge in [0, 0.05) is 17.6 Å². The average molecular weight is 232 g/mol. The highest BCUT2D eigenvalue weighted by molar-refractivity contribution is 5.82. The Labute approximate surface area is 103 Å². The summed E-state index contributed by atoms with van der Waals surface area (Å²) in [5, 5.41) is 16.3. The lowest BCUT2D eigenvalue weighted by Gasteiger charge is -2.36. The minimum atomic E-state index is 0.286. The molecule has 0 amide bonds. The average Bonchev–Trinajstić information content (AvgIpc) is 2.30. The Kier molecular flexibility index (Phi) is 3.67. The summed E-state index contributed by atoms with van der Waals surface area (Å²) in [4.78, 5) is 0. The van der Waals surface area contributed by atoms with Crippen molar-refractivity contribution < 1.29 is 5.11 Å². The van der Waals surface area contributed by atoms with Crippen molar-refractivity contribution in [2.75, 3.05) is 0 Å². The number of hydrogen-bond acceptors (Lipinski definition) is 3. The summed E-state index contributed by atoms with van der Waals surface area (Å²) in [7, 11) is 0. The zero-order valence-electron chi connectivity index (χ0n) is 10.5. The maximum Gasteiger partial charge on any atom is 0.124 e. The molecule has 17 heavy (non-hydrogen) atoms. The second kappa shape index (κ2) is 5.21. The van der Waals surface area contributed by atoms with Crippen LogP contribution in [0.4, 0.5) is 0 Å². The molecule has 1 aliphatic rings. The molecule has 1 fully saturated rings. The maximum absolute atomic E-state index is 9.66. The Balaban J connectivity index is 2.11. The van der Waals surface area contributed by atoms with Crippen molar-refractivity contribution in [2.45, 2.75) is 45.2 Å². The third-order valence-electron chi connectivity index (χ3n) is 3.41. The molecule has 0 bridgehead atoms. The Bertz CT molecular complexity index is 393. The van der Waals surface area contributed by atoms with Gasteiger partial charge in [-0.25, -0.2) is 0 Å². The fraction of sp³-hybridized carbons (Fsp3) is 0.500. The van der Waals surface area contributed by atoms with E-state index < -0.39 is 0 Å². The summed E-state index contributed by atoms with van der Waals surface area (Å²) < 4.78 is 0. The molecule has 0 radical (unpaired) electrons. The highest BCUT2D eigenvalue weighted by Gasteiger charge is 2.22. The van der Waals surface area contributed by atoms with Crippen LogP contribution in [0.3, 0.4) is 0 Å². The van der Waals surface area contributed by atoms with E-state index in [9.17, 15) is 5.11 Å². The summed E-state index contributed by atoms with van der Waals surface area (Å²) in [5.74, 6) is 0.286. The Morgan fingerprint density at radius 2 is 1.88 bits per heavy atom. The molecule has 92 valence electrons. The molecular weight excluding hydrogens is 212 g/mol. The van der Waals surface area contributed by atoms with Gasteiger partial charge in [0.2, 0.25) is 0 Å². The third-order valence-corrected chi connectivity index (χ3v) is 3.41. The van der Waals surface area contributed by atoms with Crippen LogP contribution in [-0.2, 0) is 0 Å². The van der Waals surface area contributed by atoms with E-state index in [4.69, 9.17) is 0 Å². The van der Waals surface area contributed by atoms with Gasteiger partial charge in [-0.15, -0.1) is 0 Å². The molecule has 0 aromatic heterocycles. The van der Waals surface area contributed by atoms with Crippen LogP contribution in [0.25, 0.3) is 0 Å². The zero-order valence-corrected chi connectivity index (χ0v) is 10.5. The van der Waals surface area contributed by atoms with Gasteiger partial charge < -0.3 is 5.11 Å². The number of rotatable bonds is 2. The molecule has 3 heteroatoms. The van der Waals surface area contributed by atoms with Gasteiger partial charge in [-0.2, -0.15) is 5.10 Å². The molecule has 0 saturated carbocycles. The van der Waals surface area contributed by atoms with Gasteiger partial charge in [-0.1, -0.05) is 12.1 Å². The molecule has 2 rings (SSSR count). The molecule has 0 unspecified atom stereocenters. The van der Waals surface area contributed by atoms with Crippen molar-refractivity contribution in [2.24, 2.45) is 5.10 Å². The number of para-hydroxylation sites is 1. The largest absolute Gasteiger partial charge is 0.507 e. The molecule has 1 aromatic carbocycles. The number of nitrogens with zero attached hydrogens (tertiary/aromatic N) is 2. The summed E-state index contributed by atoms with van der Waals surface area (Å²) in [5.41, 5.74) is 0.775. The van der Waals surface area contributed by atoms with Crippen molar-refractivity contribution in [1.29, 1.82) is 0 Å². The minimum Gasteiger partial charge on any atom is -0.507 e. The standard InChI is InChI=1S/C14H20N2O/c1-11-6-5-7-12(2)16(11)15-10-13-8-3-4-9-14(13)17/h3-4,8-12,17H,5-7H2,1-2H3/b15-10+/t11-,12+. The van der Waals surface area contributed by atoms with Crippen LogP contribution in [0.5, 0.6) is 5.75 Å². The lowest BCUT2D eigenvalue weighted by molar-refractivity contribution is 0.109. The van der Waals surface area contributed by atoms with Crippen LogP contribution >= 0.6 is 0 Å². The van der Waals surface area contributed by atoms with Crippen molar-refractivity contribution in [3.63, 3.8) is 0 Å². The second-order valence-electron chi connectivity index (χ2n) is 4.81. The predicted octanol–water partition coefficient (Wildman–Crippen LogP) is 2.99. The van der Waals surface area contributed by atoms with E-state index in [0.29, 0.717) is 12.1 Å². The first-order valence-electron chi connectivity index (χ1n) is 6.29. The monoisotopic (exact) mass is 232 g/mol. The van der Waals surface area contributed by atoms with Crippen molar-refractivity contribution in [1.82, 2.24) is 5.01 Å². The van der Waals surface area contributed by atoms with Gasteiger partial charge in [-0.3, -0.25) is 5.01 Å². The van der Waals surface area contributed by atoms with Gasteiger partial charge in [0.25, 0.3) is 0 Å². The maximum atomic E-state index is 9.66. The molecule has 1 aliphatic heterocycles. The van der Waals surface area contributed by atoms with Gasteiger partial charge in [0.15, 0.2) is 0 Å². The Morgan fingerprint density at radius 3 is 2.53 bits per heavy atom.